The quantitative estimate of drug-likeness (QED) is 0.669. The van der Waals surface area contributed by atoms with E-state index in [4.69, 9.17) is 11.6 Å². The van der Waals surface area contributed by atoms with Crippen molar-refractivity contribution in [3.8, 4) is 0 Å². The molecule has 2 nitrogen and oxygen atoms in total. The highest BCUT2D eigenvalue weighted by atomic mass is 35.5. The van der Waals surface area contributed by atoms with Crippen LogP contribution in [0.15, 0.2) is 48.7 Å². The van der Waals surface area contributed by atoms with E-state index >= 15 is 0 Å². The van der Waals surface area contributed by atoms with Crippen molar-refractivity contribution in [3.63, 3.8) is 0 Å². The molecule has 0 saturated heterocycles. The molecule has 1 aromatic carbocycles. The van der Waals surface area contributed by atoms with Gasteiger partial charge in [-0.2, -0.15) is 0 Å². The maximum atomic E-state index is 12.4. The van der Waals surface area contributed by atoms with E-state index in [-0.39, 0.29) is 5.78 Å². The van der Waals surface area contributed by atoms with Gasteiger partial charge in [0.1, 0.15) is 0 Å². The fraction of sp³-hybridized carbons (Fsp3) is 0.0667. The number of hydrogen-bond donors (Lipinski definition) is 0. The number of Topliss-reactive ketones (excluding diaryl/α,β-unsaturated/α-hetero) is 1. The maximum absolute atomic E-state index is 12.4. The lowest BCUT2D eigenvalue weighted by atomic mass is 10.0. The molecule has 4 heteroatoms. The molecule has 0 unspecified atom stereocenters. The summed E-state index contributed by atoms with van der Waals surface area (Å²) < 4.78 is 0.707. The van der Waals surface area contributed by atoms with Crippen molar-refractivity contribution in [1.29, 1.82) is 0 Å². The lowest BCUT2D eigenvalue weighted by molar-refractivity contribution is 0.0995. The fourth-order valence-electron chi connectivity index (χ4n) is 2.03. The first-order valence-electron chi connectivity index (χ1n) is 5.85. The molecule has 2 aromatic heterocycles. The minimum Gasteiger partial charge on any atom is -0.294 e. The van der Waals surface area contributed by atoms with Gasteiger partial charge in [-0.1, -0.05) is 29.8 Å². The Morgan fingerprint density at radius 2 is 2.00 bits per heavy atom. The lowest BCUT2D eigenvalue weighted by Gasteiger charge is -2.03. The molecule has 0 spiro atoms. The van der Waals surface area contributed by atoms with Crippen LogP contribution < -0.4 is 0 Å². The second-order valence-corrected chi connectivity index (χ2v) is 5.99. The minimum atomic E-state index is 0.0721. The third kappa shape index (κ3) is 2.53. The first-order valence-corrected chi connectivity index (χ1v) is 7.04. The van der Waals surface area contributed by atoms with Gasteiger partial charge < -0.3 is 0 Å². The summed E-state index contributed by atoms with van der Waals surface area (Å²) in [6, 6.07) is 13.2. The molecule has 2 heterocycles. The van der Waals surface area contributed by atoms with Gasteiger partial charge in [0, 0.05) is 28.4 Å². The summed E-state index contributed by atoms with van der Waals surface area (Å²) in [4.78, 5) is 17.6. The maximum Gasteiger partial charge on any atom is 0.170 e. The number of aromatic nitrogens is 1. The summed E-state index contributed by atoms with van der Waals surface area (Å²) in [5.41, 5.74) is 1.43. The molecule has 0 aliphatic heterocycles. The van der Waals surface area contributed by atoms with Gasteiger partial charge in [0.25, 0.3) is 0 Å². The number of thiophene rings is 1. The van der Waals surface area contributed by atoms with Gasteiger partial charge in [0.05, 0.1) is 9.85 Å². The standard InChI is InChI=1S/C15H10ClNOS/c16-14-7-6-11(19-14)9-13(18)12-5-1-3-10-4-2-8-17-15(10)12/h1-8H,9H2. The van der Waals surface area contributed by atoms with E-state index in [1.807, 2.05) is 42.5 Å². The molecule has 0 radical (unpaired) electrons. The Labute approximate surface area is 119 Å². The monoisotopic (exact) mass is 287 g/mol. The molecule has 3 rings (SSSR count). The van der Waals surface area contributed by atoms with E-state index in [9.17, 15) is 4.79 Å². The number of rotatable bonds is 3. The van der Waals surface area contributed by atoms with Gasteiger partial charge in [-0.3, -0.25) is 9.78 Å². The number of hydrogen-bond acceptors (Lipinski definition) is 3. The van der Waals surface area contributed by atoms with E-state index in [1.54, 1.807) is 6.20 Å². The summed E-state index contributed by atoms with van der Waals surface area (Å²) in [7, 11) is 0. The van der Waals surface area contributed by atoms with Crippen molar-refractivity contribution < 1.29 is 4.79 Å². The highest BCUT2D eigenvalue weighted by Crippen LogP contribution is 2.24. The normalized spacial score (nSPS) is 10.8. The summed E-state index contributed by atoms with van der Waals surface area (Å²) in [5, 5.41) is 0.984. The molecule has 0 aliphatic carbocycles. The highest BCUT2D eigenvalue weighted by Gasteiger charge is 2.12. The van der Waals surface area contributed by atoms with Crippen LogP contribution in [-0.4, -0.2) is 10.8 Å². The SMILES string of the molecule is O=C(Cc1ccc(Cl)s1)c1cccc2cccnc12. The smallest absolute Gasteiger partial charge is 0.170 e. The molecule has 0 atom stereocenters. The predicted molar refractivity (Wildman–Crippen MR) is 79.1 cm³/mol. The number of nitrogens with zero attached hydrogens (tertiary/aromatic N) is 1. The van der Waals surface area contributed by atoms with Gasteiger partial charge in [-0.25, -0.2) is 0 Å². The first-order chi connectivity index (χ1) is 9.24. The van der Waals surface area contributed by atoms with Crippen LogP contribution in [0.5, 0.6) is 0 Å². The summed E-state index contributed by atoms with van der Waals surface area (Å²) in [5.74, 6) is 0.0721. The van der Waals surface area contributed by atoms with Crippen molar-refractivity contribution >= 4 is 39.6 Å². The number of fused-ring (bicyclic) bond motifs is 1. The number of carbonyl (C=O) groups excluding carboxylic acids is 1. The molecule has 94 valence electrons. The number of halogens is 1. The Morgan fingerprint density at radius 1 is 1.16 bits per heavy atom. The molecule has 0 saturated carbocycles. The van der Waals surface area contributed by atoms with Gasteiger partial charge in [-0.15, -0.1) is 11.3 Å². The minimum absolute atomic E-state index is 0.0721. The second kappa shape index (κ2) is 5.11. The van der Waals surface area contributed by atoms with Crippen LogP contribution in [0.25, 0.3) is 10.9 Å². The molecular weight excluding hydrogens is 278 g/mol. The van der Waals surface area contributed by atoms with Gasteiger partial charge in [0.15, 0.2) is 5.78 Å². The number of para-hydroxylation sites is 1. The number of ketones is 1. The molecule has 0 amide bonds. The van der Waals surface area contributed by atoms with Crippen LogP contribution in [-0.2, 0) is 6.42 Å². The molecule has 0 fully saturated rings. The molecular formula is C15H10ClNOS. The zero-order valence-corrected chi connectivity index (χ0v) is 11.5. The van der Waals surface area contributed by atoms with Crippen LogP contribution in [0.2, 0.25) is 4.34 Å². The van der Waals surface area contributed by atoms with Gasteiger partial charge in [0.2, 0.25) is 0 Å². The Kier molecular flexibility index (Phi) is 3.32. The van der Waals surface area contributed by atoms with Gasteiger partial charge in [-0.05, 0) is 24.3 Å². The van der Waals surface area contributed by atoms with Crippen molar-refractivity contribution in [2.45, 2.75) is 6.42 Å². The van der Waals surface area contributed by atoms with Crippen molar-refractivity contribution in [2.75, 3.05) is 0 Å². The van der Waals surface area contributed by atoms with E-state index in [0.29, 0.717) is 16.3 Å². The van der Waals surface area contributed by atoms with Crippen LogP contribution in [0, 0.1) is 0 Å². The Morgan fingerprint density at radius 3 is 2.79 bits per heavy atom. The molecule has 0 aliphatic rings. The van der Waals surface area contributed by atoms with Crippen molar-refractivity contribution in [1.82, 2.24) is 4.98 Å². The van der Waals surface area contributed by atoms with E-state index < -0.39 is 0 Å². The summed E-state index contributed by atoms with van der Waals surface area (Å²) in [6.07, 6.45) is 2.08. The van der Waals surface area contributed by atoms with Crippen molar-refractivity contribution in [2.24, 2.45) is 0 Å². The largest absolute Gasteiger partial charge is 0.294 e. The zero-order chi connectivity index (χ0) is 13.2. The zero-order valence-electron chi connectivity index (χ0n) is 9.97. The second-order valence-electron chi connectivity index (χ2n) is 4.19. The average Bonchev–Trinajstić information content (AvgIpc) is 2.83. The first kappa shape index (κ1) is 12.3. The molecule has 0 N–H and O–H groups in total. The van der Waals surface area contributed by atoms with E-state index in [1.165, 1.54) is 11.3 Å². The highest BCUT2D eigenvalue weighted by molar-refractivity contribution is 7.16. The fourth-order valence-corrected chi connectivity index (χ4v) is 3.12. The Balaban J connectivity index is 1.97. The molecule has 19 heavy (non-hydrogen) atoms. The van der Waals surface area contributed by atoms with E-state index in [2.05, 4.69) is 4.98 Å². The third-order valence-corrected chi connectivity index (χ3v) is 4.13. The van der Waals surface area contributed by atoms with Crippen LogP contribution >= 0.6 is 22.9 Å². The Bertz CT molecular complexity index is 745. The number of benzene rings is 1. The Hall–Kier alpha value is -1.71. The molecule has 0 bridgehead atoms. The number of pyridine rings is 1. The lowest BCUT2D eigenvalue weighted by Crippen LogP contribution is -2.03. The van der Waals surface area contributed by atoms with Crippen LogP contribution in [0.1, 0.15) is 15.2 Å². The average molecular weight is 288 g/mol. The van der Waals surface area contributed by atoms with Gasteiger partial charge >= 0.3 is 0 Å². The van der Waals surface area contributed by atoms with Crippen molar-refractivity contribution in [3.05, 3.63) is 63.4 Å². The summed E-state index contributed by atoms with van der Waals surface area (Å²) >= 11 is 7.32. The van der Waals surface area contributed by atoms with E-state index in [0.717, 1.165) is 15.8 Å². The molecule has 3 aromatic rings. The summed E-state index contributed by atoms with van der Waals surface area (Å²) in [6.45, 7) is 0. The van der Waals surface area contributed by atoms with Crippen LogP contribution in [0.4, 0.5) is 0 Å². The topological polar surface area (TPSA) is 30.0 Å². The number of carbonyl (C=O) groups is 1. The van der Waals surface area contributed by atoms with Crippen LogP contribution in [0.3, 0.4) is 0 Å². The predicted octanol–water partition coefficient (Wildman–Crippen LogP) is 4.38. The third-order valence-electron chi connectivity index (χ3n) is 2.90.